The van der Waals surface area contributed by atoms with Crippen molar-refractivity contribution in [1.29, 1.82) is 0 Å². The molecule has 0 bridgehead atoms. The monoisotopic (exact) mass is 730 g/mol. The summed E-state index contributed by atoms with van der Waals surface area (Å²) in [7, 11) is 0. The first kappa shape index (κ1) is 31.5. The van der Waals surface area contributed by atoms with Crippen LogP contribution in [-0.4, -0.2) is 19.5 Å². The molecule has 4 heterocycles. The maximum atomic E-state index is 7.12. The fourth-order valence-corrected chi connectivity index (χ4v) is 8.60. The first-order valence-electron chi connectivity index (χ1n) is 19.0. The summed E-state index contributed by atoms with van der Waals surface area (Å²) in [4.78, 5) is 15.4. The molecular formula is C51H30N4O2. The van der Waals surface area contributed by atoms with Crippen LogP contribution in [-0.2, 0) is 0 Å². The van der Waals surface area contributed by atoms with Gasteiger partial charge in [0.2, 0.25) is 0 Å². The average Bonchev–Trinajstić information content (AvgIpc) is 3.97. The summed E-state index contributed by atoms with van der Waals surface area (Å²) < 4.78 is 15.9. The third kappa shape index (κ3) is 4.81. The van der Waals surface area contributed by atoms with E-state index in [9.17, 15) is 0 Å². The molecule has 8 aromatic carbocycles. The Kier molecular flexibility index (Phi) is 6.83. The molecule has 0 radical (unpaired) electrons. The highest BCUT2D eigenvalue weighted by atomic mass is 16.3. The van der Waals surface area contributed by atoms with Crippen LogP contribution >= 0.6 is 0 Å². The number of hydrogen-bond acceptors (Lipinski definition) is 5. The molecule has 4 aromatic heterocycles. The lowest BCUT2D eigenvalue weighted by atomic mass is 9.93. The van der Waals surface area contributed by atoms with Crippen LogP contribution in [0.25, 0.3) is 117 Å². The van der Waals surface area contributed by atoms with E-state index >= 15 is 0 Å². The summed E-state index contributed by atoms with van der Waals surface area (Å²) in [6.07, 6.45) is 0. The second kappa shape index (κ2) is 12.3. The van der Waals surface area contributed by atoms with Gasteiger partial charge in [-0.3, -0.25) is 0 Å². The van der Waals surface area contributed by atoms with Gasteiger partial charge in [0.05, 0.1) is 16.7 Å². The van der Waals surface area contributed by atoms with Gasteiger partial charge in [-0.05, 0) is 47.5 Å². The maximum Gasteiger partial charge on any atom is 0.164 e. The molecule has 0 fully saturated rings. The van der Waals surface area contributed by atoms with Gasteiger partial charge in [0.1, 0.15) is 16.7 Å². The molecule has 0 saturated heterocycles. The number of nitrogens with zero attached hydrogens (tertiary/aromatic N) is 4. The van der Waals surface area contributed by atoms with Crippen molar-refractivity contribution in [1.82, 2.24) is 19.5 Å². The van der Waals surface area contributed by atoms with Crippen molar-refractivity contribution in [2.45, 2.75) is 0 Å². The molecule has 12 aromatic rings. The quantitative estimate of drug-likeness (QED) is 0.176. The second-order valence-electron chi connectivity index (χ2n) is 14.3. The van der Waals surface area contributed by atoms with Crippen molar-refractivity contribution in [3.8, 4) is 51.0 Å². The third-order valence-electron chi connectivity index (χ3n) is 11.1. The molecule has 0 spiro atoms. The van der Waals surface area contributed by atoms with Crippen molar-refractivity contribution >= 4 is 65.7 Å². The molecule has 57 heavy (non-hydrogen) atoms. The molecule has 6 nitrogen and oxygen atoms in total. The smallest absolute Gasteiger partial charge is 0.164 e. The molecule has 12 rings (SSSR count). The van der Waals surface area contributed by atoms with E-state index in [4.69, 9.17) is 23.8 Å². The van der Waals surface area contributed by atoms with Crippen molar-refractivity contribution < 1.29 is 8.83 Å². The highest BCUT2D eigenvalue weighted by molar-refractivity contribution is 6.23. The number of fused-ring (bicyclic) bond motifs is 9. The van der Waals surface area contributed by atoms with Gasteiger partial charge in [-0.1, -0.05) is 146 Å². The van der Waals surface area contributed by atoms with E-state index in [0.29, 0.717) is 17.5 Å². The van der Waals surface area contributed by atoms with E-state index in [0.717, 1.165) is 88.4 Å². The predicted octanol–water partition coefficient (Wildman–Crippen LogP) is 13.4. The maximum absolute atomic E-state index is 7.12. The van der Waals surface area contributed by atoms with Crippen LogP contribution in [0.4, 0.5) is 0 Å². The lowest BCUT2D eigenvalue weighted by Crippen LogP contribution is -2.00. The van der Waals surface area contributed by atoms with Gasteiger partial charge in [-0.2, -0.15) is 0 Å². The van der Waals surface area contributed by atoms with Gasteiger partial charge in [-0.15, -0.1) is 0 Å². The Balaban J connectivity index is 1.23. The number of furan rings is 2. The molecule has 6 heteroatoms. The number of para-hydroxylation sites is 3. The Morgan fingerprint density at radius 3 is 1.51 bits per heavy atom. The largest absolute Gasteiger partial charge is 0.456 e. The fraction of sp³-hybridized carbons (Fsp3) is 0. The Morgan fingerprint density at radius 2 is 0.842 bits per heavy atom. The van der Waals surface area contributed by atoms with E-state index in [1.165, 1.54) is 10.8 Å². The lowest BCUT2D eigenvalue weighted by Gasteiger charge is -2.13. The van der Waals surface area contributed by atoms with Crippen LogP contribution in [0.3, 0.4) is 0 Å². The van der Waals surface area contributed by atoms with Crippen LogP contribution in [0.5, 0.6) is 0 Å². The van der Waals surface area contributed by atoms with Crippen LogP contribution in [0.1, 0.15) is 0 Å². The standard InChI is InChI=1S/C51H30N4O2/c1-3-15-31(16-4-1)49-52-50(32-17-5-2-6-18-32)54-51(53-49)38-23-14-28-44-46(38)47-36(35-22-13-27-43-45(35)37-21-9-12-26-42(37)56-43)29-30-41(48(47)57-44)55-39-24-10-7-19-33(39)34-20-8-11-25-40(34)55/h1-30H. The van der Waals surface area contributed by atoms with E-state index in [-0.39, 0.29) is 0 Å². The summed E-state index contributed by atoms with van der Waals surface area (Å²) in [5.74, 6) is 1.77. The molecular weight excluding hydrogens is 701 g/mol. The first-order chi connectivity index (χ1) is 28.3. The normalized spacial score (nSPS) is 11.9. The van der Waals surface area contributed by atoms with Gasteiger partial charge in [0.15, 0.2) is 23.1 Å². The minimum Gasteiger partial charge on any atom is -0.456 e. The van der Waals surface area contributed by atoms with Crippen LogP contribution in [0, 0.1) is 0 Å². The highest BCUT2D eigenvalue weighted by Crippen LogP contribution is 2.47. The second-order valence-corrected chi connectivity index (χ2v) is 14.3. The van der Waals surface area contributed by atoms with E-state index in [2.05, 4.69) is 95.6 Å². The number of hydrogen-bond donors (Lipinski definition) is 0. The lowest BCUT2D eigenvalue weighted by molar-refractivity contribution is 0.666. The van der Waals surface area contributed by atoms with Gasteiger partial charge in [0.25, 0.3) is 0 Å². The van der Waals surface area contributed by atoms with Crippen molar-refractivity contribution in [3.05, 3.63) is 182 Å². The molecule has 0 aliphatic carbocycles. The molecule has 0 saturated carbocycles. The minimum atomic E-state index is 0.566. The van der Waals surface area contributed by atoms with Gasteiger partial charge in [-0.25, -0.2) is 15.0 Å². The Labute approximate surface area is 325 Å². The summed E-state index contributed by atoms with van der Waals surface area (Å²) in [6.45, 7) is 0. The zero-order valence-corrected chi connectivity index (χ0v) is 30.4. The Morgan fingerprint density at radius 1 is 0.333 bits per heavy atom. The van der Waals surface area contributed by atoms with Crippen molar-refractivity contribution in [2.75, 3.05) is 0 Å². The van der Waals surface area contributed by atoms with E-state index < -0.39 is 0 Å². The van der Waals surface area contributed by atoms with Crippen LogP contribution in [0.15, 0.2) is 191 Å². The van der Waals surface area contributed by atoms with Crippen LogP contribution < -0.4 is 0 Å². The van der Waals surface area contributed by atoms with E-state index in [1.54, 1.807) is 0 Å². The van der Waals surface area contributed by atoms with E-state index in [1.807, 2.05) is 91.0 Å². The summed E-state index contributed by atoms with van der Waals surface area (Å²) >= 11 is 0. The van der Waals surface area contributed by atoms with Crippen molar-refractivity contribution in [3.63, 3.8) is 0 Å². The molecule has 0 aliphatic rings. The Hall–Kier alpha value is -7.83. The summed E-state index contributed by atoms with van der Waals surface area (Å²) in [5, 5.41) is 6.39. The van der Waals surface area contributed by atoms with Gasteiger partial charge < -0.3 is 13.4 Å². The number of aromatic nitrogens is 4. The summed E-state index contributed by atoms with van der Waals surface area (Å²) in [6, 6.07) is 62.5. The molecule has 0 unspecified atom stereocenters. The third-order valence-corrected chi connectivity index (χ3v) is 11.1. The number of rotatable bonds is 5. The van der Waals surface area contributed by atoms with Crippen molar-refractivity contribution in [2.24, 2.45) is 0 Å². The first-order valence-corrected chi connectivity index (χ1v) is 19.0. The minimum absolute atomic E-state index is 0.566. The predicted molar refractivity (Wildman–Crippen MR) is 230 cm³/mol. The zero-order chi connectivity index (χ0) is 37.5. The number of benzene rings is 8. The SMILES string of the molecule is c1ccc(-c2nc(-c3ccccc3)nc(-c3cccc4oc5c(-n6c7ccccc7c7ccccc76)ccc(-c6cccc7oc8ccccc8c67)c5c34)n2)cc1. The molecule has 266 valence electrons. The summed E-state index contributed by atoms with van der Waals surface area (Å²) in [5.41, 5.74) is 11.1. The van der Waals surface area contributed by atoms with Gasteiger partial charge >= 0.3 is 0 Å². The topological polar surface area (TPSA) is 69.9 Å². The molecule has 0 atom stereocenters. The van der Waals surface area contributed by atoms with Gasteiger partial charge in [0, 0.05) is 49.0 Å². The molecule has 0 aliphatic heterocycles. The zero-order valence-electron chi connectivity index (χ0n) is 30.4. The van der Waals surface area contributed by atoms with Crippen LogP contribution in [0.2, 0.25) is 0 Å². The molecule has 0 N–H and O–H groups in total. The average molecular weight is 731 g/mol. The highest BCUT2D eigenvalue weighted by Gasteiger charge is 2.25. The molecule has 0 amide bonds. The Bertz CT molecular complexity index is 3410. The fourth-order valence-electron chi connectivity index (χ4n) is 8.60.